The third-order valence-corrected chi connectivity index (χ3v) is 3.54. The predicted molar refractivity (Wildman–Crippen MR) is 77.9 cm³/mol. The van der Waals surface area contributed by atoms with Crippen LogP contribution in [0.25, 0.3) is 0 Å². The average Bonchev–Trinajstić information content (AvgIpc) is 2.91. The van der Waals surface area contributed by atoms with E-state index in [2.05, 4.69) is 10.6 Å². The Morgan fingerprint density at radius 2 is 1.95 bits per heavy atom. The van der Waals surface area contributed by atoms with E-state index in [1.807, 2.05) is 6.92 Å². The number of amides is 3. The van der Waals surface area contributed by atoms with E-state index in [1.54, 1.807) is 4.90 Å². The lowest BCUT2D eigenvalue weighted by Crippen LogP contribution is -2.40. The van der Waals surface area contributed by atoms with Crippen LogP contribution in [-0.2, 0) is 9.59 Å². The van der Waals surface area contributed by atoms with Crippen molar-refractivity contribution in [3.63, 3.8) is 0 Å². The van der Waals surface area contributed by atoms with Crippen molar-refractivity contribution in [3.8, 4) is 0 Å². The SMILES string of the molecule is CCCNC(=O)CCNC(=O)N1CCC(CCC(=O)O)C1. The molecule has 1 aliphatic heterocycles. The number of carboxylic acids is 1. The zero-order valence-electron chi connectivity index (χ0n) is 12.6. The first-order chi connectivity index (χ1) is 10.0. The Hall–Kier alpha value is -1.79. The number of nitrogens with one attached hydrogen (secondary N) is 2. The molecule has 7 nitrogen and oxygen atoms in total. The maximum absolute atomic E-state index is 11.9. The van der Waals surface area contributed by atoms with Crippen LogP contribution in [0.15, 0.2) is 0 Å². The second-order valence-corrected chi connectivity index (χ2v) is 5.37. The number of hydrogen-bond acceptors (Lipinski definition) is 3. The molecule has 7 heteroatoms. The quantitative estimate of drug-likeness (QED) is 0.617. The van der Waals surface area contributed by atoms with Crippen LogP contribution in [0, 0.1) is 5.92 Å². The summed E-state index contributed by atoms with van der Waals surface area (Å²) in [6.07, 6.45) is 2.78. The number of urea groups is 1. The van der Waals surface area contributed by atoms with Gasteiger partial charge >= 0.3 is 12.0 Å². The maximum Gasteiger partial charge on any atom is 0.317 e. The number of carbonyl (C=O) groups excluding carboxylic acids is 2. The van der Waals surface area contributed by atoms with Gasteiger partial charge in [0.2, 0.25) is 5.91 Å². The van der Waals surface area contributed by atoms with Crippen molar-refractivity contribution < 1.29 is 19.5 Å². The summed E-state index contributed by atoms with van der Waals surface area (Å²) in [6.45, 7) is 4.21. The summed E-state index contributed by atoms with van der Waals surface area (Å²) in [5, 5.41) is 14.1. The minimum absolute atomic E-state index is 0.0575. The lowest BCUT2D eigenvalue weighted by Gasteiger charge is -2.17. The van der Waals surface area contributed by atoms with Gasteiger partial charge in [-0.05, 0) is 25.2 Å². The van der Waals surface area contributed by atoms with Gasteiger partial charge < -0.3 is 20.6 Å². The summed E-state index contributed by atoms with van der Waals surface area (Å²) in [6, 6.07) is -0.170. The van der Waals surface area contributed by atoms with Gasteiger partial charge in [-0.25, -0.2) is 4.79 Å². The minimum atomic E-state index is -0.795. The van der Waals surface area contributed by atoms with E-state index in [0.29, 0.717) is 32.6 Å². The highest BCUT2D eigenvalue weighted by Gasteiger charge is 2.26. The van der Waals surface area contributed by atoms with Gasteiger partial charge in [0.1, 0.15) is 0 Å². The Morgan fingerprint density at radius 1 is 1.19 bits per heavy atom. The highest BCUT2D eigenvalue weighted by Crippen LogP contribution is 2.20. The van der Waals surface area contributed by atoms with Gasteiger partial charge in [-0.15, -0.1) is 0 Å². The number of likely N-dealkylation sites (tertiary alicyclic amines) is 1. The molecular formula is C14H25N3O4. The van der Waals surface area contributed by atoms with Gasteiger partial charge in [-0.3, -0.25) is 9.59 Å². The molecular weight excluding hydrogens is 274 g/mol. The van der Waals surface area contributed by atoms with Crippen LogP contribution in [-0.4, -0.2) is 54.1 Å². The fourth-order valence-electron chi connectivity index (χ4n) is 2.33. The largest absolute Gasteiger partial charge is 0.481 e. The van der Waals surface area contributed by atoms with Crippen LogP contribution in [0.2, 0.25) is 0 Å². The van der Waals surface area contributed by atoms with Crippen LogP contribution in [0.3, 0.4) is 0 Å². The first-order valence-electron chi connectivity index (χ1n) is 7.54. The summed E-state index contributed by atoms with van der Waals surface area (Å²) in [5.41, 5.74) is 0. The standard InChI is InChI=1S/C14H25N3O4/c1-2-7-15-12(18)5-8-16-14(21)17-9-6-11(10-17)3-4-13(19)20/h11H,2-10H2,1H3,(H,15,18)(H,16,21)(H,19,20). The highest BCUT2D eigenvalue weighted by molar-refractivity contribution is 5.78. The molecule has 3 N–H and O–H groups in total. The smallest absolute Gasteiger partial charge is 0.317 e. The molecule has 1 fully saturated rings. The van der Waals surface area contributed by atoms with Crippen molar-refractivity contribution in [1.29, 1.82) is 0 Å². The van der Waals surface area contributed by atoms with Crippen molar-refractivity contribution >= 4 is 17.9 Å². The topological polar surface area (TPSA) is 98.7 Å². The van der Waals surface area contributed by atoms with E-state index in [-0.39, 0.29) is 30.7 Å². The second-order valence-electron chi connectivity index (χ2n) is 5.37. The normalized spacial score (nSPS) is 17.6. The molecule has 3 amide bonds. The highest BCUT2D eigenvalue weighted by atomic mass is 16.4. The van der Waals surface area contributed by atoms with Crippen molar-refractivity contribution in [2.75, 3.05) is 26.2 Å². The zero-order valence-corrected chi connectivity index (χ0v) is 12.6. The molecule has 1 heterocycles. The van der Waals surface area contributed by atoms with Crippen LogP contribution in [0.5, 0.6) is 0 Å². The summed E-state index contributed by atoms with van der Waals surface area (Å²) < 4.78 is 0. The van der Waals surface area contributed by atoms with Gasteiger partial charge in [0.25, 0.3) is 0 Å². The number of rotatable bonds is 8. The molecule has 1 unspecified atom stereocenters. The fraction of sp³-hybridized carbons (Fsp3) is 0.786. The molecule has 1 aliphatic rings. The lowest BCUT2D eigenvalue weighted by molar-refractivity contribution is -0.137. The second kappa shape index (κ2) is 9.20. The molecule has 1 atom stereocenters. The van der Waals surface area contributed by atoms with Gasteiger partial charge in [0.05, 0.1) is 0 Å². The average molecular weight is 299 g/mol. The molecule has 1 rings (SSSR count). The van der Waals surface area contributed by atoms with Gasteiger partial charge in [0.15, 0.2) is 0 Å². The van der Waals surface area contributed by atoms with Crippen LogP contribution in [0.1, 0.15) is 39.0 Å². The van der Waals surface area contributed by atoms with Crippen molar-refractivity contribution in [1.82, 2.24) is 15.5 Å². The van der Waals surface area contributed by atoms with E-state index in [1.165, 1.54) is 0 Å². The molecule has 1 saturated heterocycles. The Labute approximate surface area is 125 Å². The third kappa shape index (κ3) is 6.97. The Morgan fingerprint density at radius 3 is 2.62 bits per heavy atom. The Bertz CT molecular complexity index is 373. The van der Waals surface area contributed by atoms with Crippen LogP contribution in [0.4, 0.5) is 4.79 Å². The lowest BCUT2D eigenvalue weighted by atomic mass is 10.0. The molecule has 0 bridgehead atoms. The molecule has 0 saturated carbocycles. The van der Waals surface area contributed by atoms with Gasteiger partial charge in [0, 0.05) is 39.0 Å². The fourth-order valence-corrected chi connectivity index (χ4v) is 2.33. The van der Waals surface area contributed by atoms with E-state index in [9.17, 15) is 14.4 Å². The molecule has 0 aromatic rings. The van der Waals surface area contributed by atoms with Crippen LogP contribution < -0.4 is 10.6 Å². The van der Waals surface area contributed by atoms with Crippen LogP contribution >= 0.6 is 0 Å². The monoisotopic (exact) mass is 299 g/mol. The molecule has 0 aliphatic carbocycles. The van der Waals surface area contributed by atoms with Gasteiger partial charge in [-0.1, -0.05) is 6.92 Å². The minimum Gasteiger partial charge on any atom is -0.481 e. The predicted octanol–water partition coefficient (Wildman–Crippen LogP) is 0.799. The summed E-state index contributed by atoms with van der Waals surface area (Å²) in [5.74, 6) is -0.589. The Kier molecular flexibility index (Phi) is 7.56. The first kappa shape index (κ1) is 17.3. The van der Waals surface area contributed by atoms with E-state index >= 15 is 0 Å². The first-order valence-corrected chi connectivity index (χ1v) is 7.54. The molecule has 0 aromatic heterocycles. The Balaban J connectivity index is 2.15. The number of aliphatic carboxylic acids is 1. The van der Waals surface area contributed by atoms with Gasteiger partial charge in [-0.2, -0.15) is 0 Å². The van der Waals surface area contributed by atoms with Crippen molar-refractivity contribution in [3.05, 3.63) is 0 Å². The number of carbonyl (C=O) groups is 3. The van der Waals surface area contributed by atoms with Crippen molar-refractivity contribution in [2.24, 2.45) is 5.92 Å². The summed E-state index contributed by atoms with van der Waals surface area (Å²) >= 11 is 0. The molecule has 0 aromatic carbocycles. The molecule has 120 valence electrons. The number of nitrogens with zero attached hydrogens (tertiary/aromatic N) is 1. The molecule has 0 radical (unpaired) electrons. The zero-order chi connectivity index (χ0) is 15.7. The maximum atomic E-state index is 11.9. The molecule has 21 heavy (non-hydrogen) atoms. The number of carboxylic acid groups (broad SMARTS) is 1. The van der Waals surface area contributed by atoms with E-state index < -0.39 is 5.97 Å². The van der Waals surface area contributed by atoms with E-state index in [0.717, 1.165) is 12.8 Å². The number of hydrogen-bond donors (Lipinski definition) is 3. The molecule has 0 spiro atoms. The van der Waals surface area contributed by atoms with Crippen molar-refractivity contribution in [2.45, 2.75) is 39.0 Å². The summed E-state index contributed by atoms with van der Waals surface area (Å²) in [7, 11) is 0. The summed E-state index contributed by atoms with van der Waals surface area (Å²) in [4.78, 5) is 35.5. The third-order valence-electron chi connectivity index (χ3n) is 3.54. The van der Waals surface area contributed by atoms with E-state index in [4.69, 9.17) is 5.11 Å².